The lowest BCUT2D eigenvalue weighted by Gasteiger charge is -2.16. The van der Waals surface area contributed by atoms with Gasteiger partial charge in [0, 0.05) is 16.8 Å². The number of aryl methyl sites for hydroxylation is 2. The first-order valence-electron chi connectivity index (χ1n) is 6.59. The number of hydrogen-bond donors (Lipinski definition) is 2. The van der Waals surface area contributed by atoms with E-state index < -0.39 is 41.6 Å². The Morgan fingerprint density at radius 3 is 2.58 bits per heavy atom. The number of aromatic nitrogens is 2. The molecule has 7 nitrogen and oxygen atoms in total. The Labute approximate surface area is 136 Å². The highest BCUT2D eigenvalue weighted by atomic mass is 32.1. The normalized spacial score (nSPS) is 13.0. The van der Waals surface area contributed by atoms with Crippen LogP contribution < -0.4 is 10.9 Å². The molecular formula is C13H12F3N3O4S. The maximum absolute atomic E-state index is 12.4. The third kappa shape index (κ3) is 3.55. The molecule has 0 saturated carbocycles. The smallest absolute Gasteiger partial charge is 0.391 e. The van der Waals surface area contributed by atoms with E-state index in [0.717, 1.165) is 15.5 Å². The number of fused-ring (bicyclic) bond motifs is 1. The quantitative estimate of drug-likeness (QED) is 0.858. The van der Waals surface area contributed by atoms with Gasteiger partial charge >= 0.3 is 12.1 Å². The van der Waals surface area contributed by atoms with Gasteiger partial charge in [-0.3, -0.25) is 14.0 Å². The molecule has 0 aliphatic carbocycles. The van der Waals surface area contributed by atoms with E-state index in [9.17, 15) is 27.6 Å². The first-order chi connectivity index (χ1) is 11.0. The minimum atomic E-state index is -4.78. The van der Waals surface area contributed by atoms with Crippen molar-refractivity contribution in [2.45, 2.75) is 32.5 Å². The van der Waals surface area contributed by atoms with Crippen LogP contribution in [0.4, 0.5) is 13.2 Å². The highest BCUT2D eigenvalue weighted by Gasteiger charge is 2.36. The highest BCUT2D eigenvalue weighted by Crippen LogP contribution is 2.22. The molecular weight excluding hydrogens is 351 g/mol. The van der Waals surface area contributed by atoms with E-state index in [-0.39, 0.29) is 0 Å². The van der Waals surface area contributed by atoms with Gasteiger partial charge < -0.3 is 10.4 Å². The third-order valence-corrected chi connectivity index (χ3v) is 4.37. The fourth-order valence-corrected chi connectivity index (χ4v) is 2.93. The molecule has 0 aliphatic rings. The van der Waals surface area contributed by atoms with Gasteiger partial charge in [-0.05, 0) is 13.8 Å². The monoisotopic (exact) mass is 363 g/mol. The fourth-order valence-electron chi connectivity index (χ4n) is 2.00. The molecule has 0 aromatic carbocycles. The van der Waals surface area contributed by atoms with Crippen molar-refractivity contribution in [1.82, 2.24) is 14.7 Å². The van der Waals surface area contributed by atoms with Gasteiger partial charge in [-0.15, -0.1) is 11.3 Å². The molecule has 2 heterocycles. The summed E-state index contributed by atoms with van der Waals surface area (Å²) in [7, 11) is 0. The first kappa shape index (κ1) is 17.9. The van der Waals surface area contributed by atoms with Gasteiger partial charge in [0.25, 0.3) is 11.5 Å². The third-order valence-electron chi connectivity index (χ3n) is 3.30. The van der Waals surface area contributed by atoms with Crippen LogP contribution in [0.5, 0.6) is 0 Å². The lowest BCUT2D eigenvalue weighted by Crippen LogP contribution is -2.45. The van der Waals surface area contributed by atoms with E-state index in [0.29, 0.717) is 10.7 Å². The van der Waals surface area contributed by atoms with Crippen LogP contribution in [0.25, 0.3) is 4.96 Å². The van der Waals surface area contributed by atoms with Crippen LogP contribution in [0, 0.1) is 13.8 Å². The summed E-state index contributed by atoms with van der Waals surface area (Å²) in [5, 5.41) is 10.5. The summed E-state index contributed by atoms with van der Waals surface area (Å²) in [6, 6.07) is -2.19. The SMILES string of the molecule is Cc1sc2ncc(C(=O)NC(CC(F)(F)F)C(=O)O)c(=O)n2c1C. The summed E-state index contributed by atoms with van der Waals surface area (Å²) in [5.41, 5.74) is -0.746. The van der Waals surface area contributed by atoms with Crippen molar-refractivity contribution in [2.75, 3.05) is 0 Å². The molecule has 0 aliphatic heterocycles. The first-order valence-corrected chi connectivity index (χ1v) is 7.41. The summed E-state index contributed by atoms with van der Waals surface area (Å²) in [4.78, 5) is 40.3. The number of amides is 1. The number of alkyl halides is 3. The zero-order chi connectivity index (χ0) is 18.2. The Hall–Kier alpha value is -2.43. The minimum Gasteiger partial charge on any atom is -0.480 e. The number of hydrogen-bond acceptors (Lipinski definition) is 5. The van der Waals surface area contributed by atoms with Crippen LogP contribution in [-0.4, -0.2) is 38.6 Å². The van der Waals surface area contributed by atoms with Crippen molar-refractivity contribution in [3.05, 3.63) is 32.7 Å². The van der Waals surface area contributed by atoms with Crippen LogP contribution in [-0.2, 0) is 4.79 Å². The topological polar surface area (TPSA) is 101 Å². The Morgan fingerprint density at radius 2 is 2.04 bits per heavy atom. The molecule has 2 N–H and O–H groups in total. The zero-order valence-electron chi connectivity index (χ0n) is 12.5. The van der Waals surface area contributed by atoms with Crippen molar-refractivity contribution >= 4 is 28.2 Å². The number of carboxylic acids is 1. The molecule has 0 radical (unpaired) electrons. The summed E-state index contributed by atoms with van der Waals surface area (Å²) < 4.78 is 38.3. The van der Waals surface area contributed by atoms with Gasteiger partial charge in [0.15, 0.2) is 4.96 Å². The lowest BCUT2D eigenvalue weighted by molar-refractivity contribution is -0.157. The van der Waals surface area contributed by atoms with Gasteiger partial charge in [-0.2, -0.15) is 13.2 Å². The number of thiazole rings is 1. The largest absolute Gasteiger partial charge is 0.480 e. The zero-order valence-corrected chi connectivity index (χ0v) is 13.3. The molecule has 1 atom stereocenters. The number of aliphatic carboxylic acids is 1. The van der Waals surface area contributed by atoms with Gasteiger partial charge in [-0.1, -0.05) is 0 Å². The van der Waals surface area contributed by atoms with Crippen LogP contribution in [0.2, 0.25) is 0 Å². The van der Waals surface area contributed by atoms with Gasteiger partial charge in [-0.25, -0.2) is 9.78 Å². The van der Waals surface area contributed by atoms with Gasteiger partial charge in [0.05, 0.1) is 6.42 Å². The number of halogens is 3. The predicted octanol–water partition coefficient (Wildman–Crippen LogP) is 1.51. The van der Waals surface area contributed by atoms with Crippen LogP contribution in [0.1, 0.15) is 27.3 Å². The van der Waals surface area contributed by atoms with E-state index in [4.69, 9.17) is 5.11 Å². The van der Waals surface area contributed by atoms with Crippen LogP contribution in [0.3, 0.4) is 0 Å². The second kappa shape index (κ2) is 6.23. The molecule has 0 bridgehead atoms. The van der Waals surface area contributed by atoms with Crippen LogP contribution in [0.15, 0.2) is 11.0 Å². The van der Waals surface area contributed by atoms with Crippen molar-refractivity contribution in [3.63, 3.8) is 0 Å². The van der Waals surface area contributed by atoms with Gasteiger partial charge in [0.2, 0.25) is 0 Å². The number of carbonyl (C=O) groups excluding carboxylic acids is 1. The van der Waals surface area contributed by atoms with E-state index in [1.807, 2.05) is 0 Å². The molecule has 1 amide bonds. The Morgan fingerprint density at radius 1 is 1.42 bits per heavy atom. The maximum atomic E-state index is 12.4. The molecule has 1 unspecified atom stereocenters. The van der Waals surface area contributed by atoms with E-state index in [2.05, 4.69) is 4.98 Å². The molecule has 24 heavy (non-hydrogen) atoms. The van der Waals surface area contributed by atoms with Crippen molar-refractivity contribution < 1.29 is 27.9 Å². The number of carbonyl (C=O) groups is 2. The Bertz CT molecular complexity index is 872. The van der Waals surface area contributed by atoms with Crippen molar-refractivity contribution in [3.8, 4) is 0 Å². The second-order valence-corrected chi connectivity index (χ2v) is 6.20. The maximum Gasteiger partial charge on any atom is 0.391 e. The molecule has 11 heteroatoms. The van der Waals surface area contributed by atoms with Crippen LogP contribution >= 0.6 is 11.3 Å². The highest BCUT2D eigenvalue weighted by molar-refractivity contribution is 7.17. The molecule has 0 saturated heterocycles. The summed E-state index contributed by atoms with van der Waals surface area (Å²) >= 11 is 1.22. The lowest BCUT2D eigenvalue weighted by atomic mass is 10.2. The second-order valence-electron chi connectivity index (χ2n) is 5.02. The Kier molecular flexibility index (Phi) is 4.65. The summed E-state index contributed by atoms with van der Waals surface area (Å²) in [6.45, 7) is 3.38. The number of nitrogens with zero attached hydrogens (tertiary/aromatic N) is 2. The summed E-state index contributed by atoms with van der Waals surface area (Å²) in [6.07, 6.45) is -5.61. The molecule has 2 rings (SSSR count). The van der Waals surface area contributed by atoms with Gasteiger partial charge in [0.1, 0.15) is 11.6 Å². The average molecular weight is 363 g/mol. The number of nitrogens with one attached hydrogen (secondary N) is 1. The molecule has 0 spiro atoms. The van der Waals surface area contributed by atoms with E-state index in [1.165, 1.54) is 11.3 Å². The van der Waals surface area contributed by atoms with E-state index >= 15 is 0 Å². The molecule has 130 valence electrons. The average Bonchev–Trinajstić information content (AvgIpc) is 2.72. The fraction of sp³-hybridized carbons (Fsp3) is 0.385. The van der Waals surface area contributed by atoms with Crippen molar-refractivity contribution in [1.29, 1.82) is 0 Å². The standard InChI is InChI=1S/C13H12F3N3O4S/c1-5-6(2)24-12-17-4-7(10(21)19(5)12)9(20)18-8(11(22)23)3-13(14,15)16/h4,8H,3H2,1-2H3,(H,18,20)(H,22,23). The minimum absolute atomic E-state index is 0.330. The van der Waals surface area contributed by atoms with Crippen molar-refractivity contribution in [2.24, 2.45) is 0 Å². The van der Waals surface area contributed by atoms with E-state index in [1.54, 1.807) is 19.2 Å². The number of rotatable bonds is 4. The molecule has 0 fully saturated rings. The summed E-state index contributed by atoms with van der Waals surface area (Å²) in [5.74, 6) is -3.07. The predicted molar refractivity (Wildman–Crippen MR) is 78.4 cm³/mol. The molecule has 2 aromatic heterocycles. The number of carboxylic acid groups (broad SMARTS) is 1. The Balaban J connectivity index is 2.37. The molecule has 2 aromatic rings.